The number of aryl methyl sites for hydroxylation is 1. The molecule has 1 aliphatic rings. The first-order valence-electron chi connectivity index (χ1n) is 9.90. The minimum absolute atomic E-state index is 0.00120. The molecule has 1 aliphatic heterocycles. The molecule has 6 nitrogen and oxygen atoms in total. The van der Waals surface area contributed by atoms with Gasteiger partial charge in [-0.25, -0.2) is 0 Å². The van der Waals surface area contributed by atoms with Crippen molar-refractivity contribution in [3.05, 3.63) is 29.3 Å². The number of nitrogens with one attached hydrogen (secondary N) is 1. The highest BCUT2D eigenvalue weighted by molar-refractivity contribution is 5.79. The van der Waals surface area contributed by atoms with Crippen molar-refractivity contribution in [3.63, 3.8) is 0 Å². The Morgan fingerprint density at radius 1 is 1.19 bits per heavy atom. The first-order valence-corrected chi connectivity index (χ1v) is 9.90. The molecule has 150 valence electrons. The molecular formula is C21H33N3O3. The quantitative estimate of drug-likeness (QED) is 0.756. The van der Waals surface area contributed by atoms with Crippen molar-refractivity contribution in [2.24, 2.45) is 0 Å². The van der Waals surface area contributed by atoms with Crippen molar-refractivity contribution in [3.8, 4) is 5.75 Å². The molecule has 1 heterocycles. The summed E-state index contributed by atoms with van der Waals surface area (Å²) in [5.74, 6) is 1.20. The van der Waals surface area contributed by atoms with E-state index in [0.29, 0.717) is 45.2 Å². The summed E-state index contributed by atoms with van der Waals surface area (Å²) in [4.78, 5) is 28.2. The lowest BCUT2D eigenvalue weighted by molar-refractivity contribution is -0.135. The Labute approximate surface area is 162 Å². The topological polar surface area (TPSA) is 61.9 Å². The number of piperazine rings is 1. The number of rotatable bonds is 8. The van der Waals surface area contributed by atoms with Gasteiger partial charge in [-0.1, -0.05) is 32.9 Å². The summed E-state index contributed by atoms with van der Waals surface area (Å²) in [6.07, 6.45) is 0.938. The molecule has 2 rings (SSSR count). The summed E-state index contributed by atoms with van der Waals surface area (Å²) in [5, 5.41) is 2.89. The summed E-state index contributed by atoms with van der Waals surface area (Å²) >= 11 is 0. The van der Waals surface area contributed by atoms with Crippen LogP contribution in [0.2, 0.25) is 0 Å². The van der Waals surface area contributed by atoms with Gasteiger partial charge in [-0.05, 0) is 36.5 Å². The molecule has 0 bridgehead atoms. The highest BCUT2D eigenvalue weighted by Crippen LogP contribution is 2.27. The smallest absolute Gasteiger partial charge is 0.260 e. The number of nitrogens with zero attached hydrogens (tertiary/aromatic N) is 2. The molecular weight excluding hydrogens is 342 g/mol. The fourth-order valence-electron chi connectivity index (χ4n) is 3.15. The van der Waals surface area contributed by atoms with E-state index >= 15 is 0 Å². The van der Waals surface area contributed by atoms with Gasteiger partial charge in [0.25, 0.3) is 5.91 Å². The van der Waals surface area contributed by atoms with E-state index in [1.54, 1.807) is 0 Å². The van der Waals surface area contributed by atoms with E-state index in [9.17, 15) is 9.59 Å². The summed E-state index contributed by atoms with van der Waals surface area (Å²) < 4.78 is 5.86. The van der Waals surface area contributed by atoms with Crippen LogP contribution in [0.15, 0.2) is 18.2 Å². The van der Waals surface area contributed by atoms with Gasteiger partial charge in [0.15, 0.2) is 6.61 Å². The SMILES string of the molecule is CCCNC(=O)CN1CCN(C(=O)COc2cc(C)ccc2C(C)C)CC1. The average molecular weight is 376 g/mol. The lowest BCUT2D eigenvalue weighted by Gasteiger charge is -2.34. The van der Waals surface area contributed by atoms with E-state index in [-0.39, 0.29) is 18.4 Å². The zero-order valence-electron chi connectivity index (χ0n) is 17.1. The molecule has 0 spiro atoms. The zero-order chi connectivity index (χ0) is 19.8. The largest absolute Gasteiger partial charge is 0.483 e. The molecule has 1 aromatic carbocycles. The molecule has 2 amide bonds. The van der Waals surface area contributed by atoms with Gasteiger partial charge in [-0.2, -0.15) is 0 Å². The van der Waals surface area contributed by atoms with E-state index in [0.717, 1.165) is 23.3 Å². The normalized spacial score (nSPS) is 15.1. The molecule has 0 atom stereocenters. The molecule has 1 aromatic rings. The second kappa shape index (κ2) is 10.3. The summed E-state index contributed by atoms with van der Waals surface area (Å²) in [6, 6.07) is 6.14. The number of amides is 2. The van der Waals surface area contributed by atoms with Crippen LogP contribution in [0.3, 0.4) is 0 Å². The van der Waals surface area contributed by atoms with Crippen LogP contribution in [-0.4, -0.2) is 67.5 Å². The lowest BCUT2D eigenvalue weighted by Crippen LogP contribution is -2.52. The molecule has 0 saturated carbocycles. The van der Waals surface area contributed by atoms with Crippen LogP contribution >= 0.6 is 0 Å². The third-order valence-corrected chi connectivity index (χ3v) is 4.81. The third kappa shape index (κ3) is 6.54. The second-order valence-electron chi connectivity index (χ2n) is 7.49. The van der Waals surface area contributed by atoms with Gasteiger partial charge in [0.1, 0.15) is 5.75 Å². The molecule has 1 N–H and O–H groups in total. The number of hydrogen-bond donors (Lipinski definition) is 1. The van der Waals surface area contributed by atoms with Crippen LogP contribution in [0.1, 0.15) is 44.2 Å². The Hall–Kier alpha value is -2.08. The fraction of sp³-hybridized carbons (Fsp3) is 0.619. The Morgan fingerprint density at radius 3 is 2.52 bits per heavy atom. The fourth-order valence-corrected chi connectivity index (χ4v) is 3.15. The highest BCUT2D eigenvalue weighted by atomic mass is 16.5. The number of carbonyl (C=O) groups is 2. The van der Waals surface area contributed by atoms with Gasteiger partial charge in [0, 0.05) is 32.7 Å². The average Bonchev–Trinajstić information content (AvgIpc) is 2.64. The Balaban J connectivity index is 1.80. The van der Waals surface area contributed by atoms with Crippen LogP contribution < -0.4 is 10.1 Å². The summed E-state index contributed by atoms with van der Waals surface area (Å²) in [6.45, 7) is 12.2. The Kier molecular flexibility index (Phi) is 8.10. The molecule has 1 fully saturated rings. The predicted octanol–water partition coefficient (Wildman–Crippen LogP) is 2.17. The number of hydrogen-bond acceptors (Lipinski definition) is 4. The molecule has 0 aliphatic carbocycles. The maximum absolute atomic E-state index is 12.5. The van der Waals surface area contributed by atoms with Crippen molar-refractivity contribution in [1.29, 1.82) is 0 Å². The molecule has 0 aromatic heterocycles. The van der Waals surface area contributed by atoms with Crippen LogP contribution in [0.5, 0.6) is 5.75 Å². The van der Waals surface area contributed by atoms with Gasteiger partial charge in [-0.3, -0.25) is 14.5 Å². The predicted molar refractivity (Wildman–Crippen MR) is 107 cm³/mol. The maximum Gasteiger partial charge on any atom is 0.260 e. The van der Waals surface area contributed by atoms with Gasteiger partial charge < -0.3 is 15.0 Å². The summed E-state index contributed by atoms with van der Waals surface area (Å²) in [5.41, 5.74) is 2.24. The minimum Gasteiger partial charge on any atom is -0.483 e. The molecule has 6 heteroatoms. The molecule has 27 heavy (non-hydrogen) atoms. The van der Waals surface area contributed by atoms with Gasteiger partial charge in [0.2, 0.25) is 5.91 Å². The van der Waals surface area contributed by atoms with E-state index in [4.69, 9.17) is 4.74 Å². The Bertz CT molecular complexity index is 638. The maximum atomic E-state index is 12.5. The monoisotopic (exact) mass is 375 g/mol. The van der Waals surface area contributed by atoms with Crippen LogP contribution in [0.4, 0.5) is 0 Å². The van der Waals surface area contributed by atoms with Crippen molar-refractivity contribution >= 4 is 11.8 Å². The zero-order valence-corrected chi connectivity index (χ0v) is 17.1. The van der Waals surface area contributed by atoms with Crippen molar-refractivity contribution < 1.29 is 14.3 Å². The number of ether oxygens (including phenoxy) is 1. The van der Waals surface area contributed by atoms with Gasteiger partial charge in [0.05, 0.1) is 6.54 Å². The van der Waals surface area contributed by atoms with E-state index in [1.165, 1.54) is 0 Å². The van der Waals surface area contributed by atoms with Gasteiger partial charge in [-0.15, -0.1) is 0 Å². The van der Waals surface area contributed by atoms with Crippen molar-refractivity contribution in [2.75, 3.05) is 45.9 Å². The molecule has 0 radical (unpaired) electrons. The summed E-state index contributed by atoms with van der Waals surface area (Å²) in [7, 11) is 0. The molecule has 0 unspecified atom stereocenters. The van der Waals surface area contributed by atoms with Gasteiger partial charge >= 0.3 is 0 Å². The van der Waals surface area contributed by atoms with Crippen LogP contribution in [0.25, 0.3) is 0 Å². The van der Waals surface area contributed by atoms with E-state index in [2.05, 4.69) is 36.2 Å². The lowest BCUT2D eigenvalue weighted by atomic mass is 10.0. The minimum atomic E-state index is 0.00120. The number of carbonyl (C=O) groups excluding carboxylic acids is 2. The highest BCUT2D eigenvalue weighted by Gasteiger charge is 2.23. The standard InChI is InChI=1S/C21H33N3O3/c1-5-8-22-20(25)14-23-9-11-24(12-10-23)21(26)15-27-19-13-17(4)6-7-18(19)16(2)3/h6-7,13,16H,5,8-12,14-15H2,1-4H3,(H,22,25). The number of benzene rings is 1. The van der Waals surface area contributed by atoms with E-state index in [1.807, 2.05) is 24.8 Å². The van der Waals surface area contributed by atoms with Crippen LogP contribution in [0, 0.1) is 6.92 Å². The van der Waals surface area contributed by atoms with E-state index < -0.39 is 0 Å². The van der Waals surface area contributed by atoms with Crippen LogP contribution in [-0.2, 0) is 9.59 Å². The third-order valence-electron chi connectivity index (χ3n) is 4.81. The first-order chi connectivity index (χ1) is 12.9. The Morgan fingerprint density at radius 2 is 1.89 bits per heavy atom. The second-order valence-corrected chi connectivity index (χ2v) is 7.49. The first kappa shape index (κ1) is 21.2. The van der Waals surface area contributed by atoms with Crippen molar-refractivity contribution in [2.45, 2.75) is 40.0 Å². The molecule has 1 saturated heterocycles. The van der Waals surface area contributed by atoms with Crippen molar-refractivity contribution in [1.82, 2.24) is 15.1 Å².